The Bertz CT molecular complexity index is 444. The van der Waals surface area contributed by atoms with Gasteiger partial charge in [-0.1, -0.05) is 24.6 Å². The Hall–Kier alpha value is -1.40. The summed E-state index contributed by atoms with van der Waals surface area (Å²) in [6.45, 7) is 1.01. The summed E-state index contributed by atoms with van der Waals surface area (Å²) < 4.78 is 28.9. The number of alkyl halides is 2. The van der Waals surface area contributed by atoms with Crippen LogP contribution >= 0.6 is 12.4 Å². The molecule has 0 aliphatic heterocycles. The highest BCUT2D eigenvalue weighted by Crippen LogP contribution is 2.22. The number of amides is 1. The van der Waals surface area contributed by atoms with Crippen LogP contribution in [0.2, 0.25) is 0 Å². The molecule has 0 saturated carbocycles. The summed E-state index contributed by atoms with van der Waals surface area (Å²) in [4.78, 5) is 11.6. The molecule has 0 fully saturated rings. The van der Waals surface area contributed by atoms with Crippen molar-refractivity contribution in [3.05, 3.63) is 29.3 Å². The quantitative estimate of drug-likeness (QED) is 0.847. The molecule has 0 bridgehead atoms. The Morgan fingerprint density at radius 2 is 2.10 bits per heavy atom. The van der Waals surface area contributed by atoms with Gasteiger partial charge in [0.05, 0.1) is 0 Å². The average Bonchev–Trinajstić information content (AvgIpc) is 2.37. The molecule has 0 heterocycles. The molecule has 114 valence electrons. The molecule has 1 atom stereocenters. The van der Waals surface area contributed by atoms with Crippen LogP contribution < -0.4 is 15.8 Å². The number of hydrogen-bond donors (Lipinski definition) is 2. The minimum atomic E-state index is -2.89. The molecule has 0 spiro atoms. The van der Waals surface area contributed by atoms with E-state index >= 15 is 0 Å². The number of ether oxygens (including phenoxy) is 1. The Morgan fingerprint density at radius 3 is 2.65 bits per heavy atom. The Kier molecular flexibility index (Phi) is 8.10. The lowest BCUT2D eigenvalue weighted by Gasteiger charge is -2.14. The summed E-state index contributed by atoms with van der Waals surface area (Å²) in [5, 5.41) is 2.65. The van der Waals surface area contributed by atoms with E-state index in [4.69, 9.17) is 5.73 Å². The third-order valence-corrected chi connectivity index (χ3v) is 2.69. The second-order valence-electron chi connectivity index (χ2n) is 4.34. The molecular formula is C13H19ClF2N2O2. The van der Waals surface area contributed by atoms with Crippen LogP contribution in [0.1, 0.15) is 18.1 Å². The van der Waals surface area contributed by atoms with Gasteiger partial charge in [-0.3, -0.25) is 4.79 Å². The number of nitrogens with two attached hydrogens (primary N) is 1. The van der Waals surface area contributed by atoms with Crippen molar-refractivity contribution in [2.24, 2.45) is 11.7 Å². The van der Waals surface area contributed by atoms with E-state index in [9.17, 15) is 13.6 Å². The fourth-order valence-corrected chi connectivity index (χ4v) is 1.52. The van der Waals surface area contributed by atoms with Crippen molar-refractivity contribution in [3.8, 4) is 5.75 Å². The van der Waals surface area contributed by atoms with Crippen LogP contribution in [0.5, 0.6) is 5.75 Å². The molecule has 20 heavy (non-hydrogen) atoms. The van der Waals surface area contributed by atoms with Crippen molar-refractivity contribution in [2.45, 2.75) is 27.0 Å². The van der Waals surface area contributed by atoms with Gasteiger partial charge in [0.1, 0.15) is 5.75 Å². The molecule has 1 aromatic rings. The molecule has 0 aliphatic carbocycles. The predicted molar refractivity (Wildman–Crippen MR) is 75.1 cm³/mol. The Balaban J connectivity index is 0.00000361. The molecule has 1 unspecified atom stereocenters. The van der Waals surface area contributed by atoms with Crippen LogP contribution in [-0.2, 0) is 11.3 Å². The molecule has 3 N–H and O–H groups in total. The van der Waals surface area contributed by atoms with Gasteiger partial charge in [0.25, 0.3) is 0 Å². The highest BCUT2D eigenvalue weighted by Gasteiger charge is 2.13. The monoisotopic (exact) mass is 308 g/mol. The number of rotatable bonds is 6. The maximum absolute atomic E-state index is 12.3. The standard InChI is InChI=1S/C13H18F2N2O2.ClH/c1-8-3-4-11(19-13(14)15)10(5-8)7-17-12(18)9(2)6-16;/h3-5,9,13H,6-7,16H2,1-2H3,(H,17,18);1H. The third kappa shape index (κ3) is 5.71. The van der Waals surface area contributed by atoms with Gasteiger partial charge in [0.2, 0.25) is 5.91 Å². The van der Waals surface area contributed by atoms with Crippen molar-refractivity contribution < 1.29 is 18.3 Å². The fourth-order valence-electron chi connectivity index (χ4n) is 1.52. The summed E-state index contributed by atoms with van der Waals surface area (Å²) >= 11 is 0. The highest BCUT2D eigenvalue weighted by atomic mass is 35.5. The van der Waals surface area contributed by atoms with Crippen LogP contribution in [0.4, 0.5) is 8.78 Å². The first-order valence-electron chi connectivity index (χ1n) is 5.96. The molecule has 1 aromatic carbocycles. The van der Waals surface area contributed by atoms with Gasteiger partial charge in [-0.25, -0.2) is 0 Å². The maximum Gasteiger partial charge on any atom is 0.387 e. The number of carbonyl (C=O) groups is 1. The maximum atomic E-state index is 12.3. The van der Waals surface area contributed by atoms with Gasteiger partial charge in [-0.05, 0) is 13.0 Å². The molecule has 0 aliphatic rings. The van der Waals surface area contributed by atoms with Crippen molar-refractivity contribution in [2.75, 3.05) is 6.54 Å². The third-order valence-electron chi connectivity index (χ3n) is 2.69. The molecule has 4 nitrogen and oxygen atoms in total. The van der Waals surface area contributed by atoms with Crippen molar-refractivity contribution in [1.82, 2.24) is 5.32 Å². The zero-order valence-corrected chi connectivity index (χ0v) is 12.2. The van der Waals surface area contributed by atoms with Crippen LogP contribution in [0.25, 0.3) is 0 Å². The number of carbonyl (C=O) groups excluding carboxylic acids is 1. The first-order valence-corrected chi connectivity index (χ1v) is 5.96. The first-order chi connectivity index (χ1) is 8.93. The molecule has 1 amide bonds. The summed E-state index contributed by atoms with van der Waals surface area (Å²) in [6.07, 6.45) is 0. The van der Waals surface area contributed by atoms with Gasteiger partial charge in [0.15, 0.2) is 0 Å². The van der Waals surface area contributed by atoms with E-state index in [0.29, 0.717) is 5.56 Å². The molecule has 1 rings (SSSR count). The zero-order chi connectivity index (χ0) is 14.4. The first kappa shape index (κ1) is 18.6. The summed E-state index contributed by atoms with van der Waals surface area (Å²) in [7, 11) is 0. The van der Waals surface area contributed by atoms with Crippen molar-refractivity contribution in [3.63, 3.8) is 0 Å². The van der Waals surface area contributed by atoms with Crippen LogP contribution in [0.15, 0.2) is 18.2 Å². The van der Waals surface area contributed by atoms with E-state index in [0.717, 1.165) is 5.56 Å². The smallest absolute Gasteiger partial charge is 0.387 e. The highest BCUT2D eigenvalue weighted by molar-refractivity contribution is 5.85. The van der Waals surface area contributed by atoms with E-state index in [1.165, 1.54) is 6.07 Å². The minimum absolute atomic E-state index is 0. The predicted octanol–water partition coefficient (Wildman–Crippen LogP) is 2.23. The number of hydrogen-bond acceptors (Lipinski definition) is 3. The second kappa shape index (κ2) is 8.71. The normalized spacial score (nSPS) is 11.7. The molecule has 0 aromatic heterocycles. The number of aryl methyl sites for hydroxylation is 1. The Labute approximate surface area is 123 Å². The number of benzene rings is 1. The number of nitrogens with one attached hydrogen (secondary N) is 1. The summed E-state index contributed by atoms with van der Waals surface area (Å²) in [5.41, 5.74) is 6.79. The number of halogens is 3. The molecule has 0 saturated heterocycles. The van der Waals surface area contributed by atoms with Gasteiger partial charge in [-0.2, -0.15) is 8.78 Å². The fraction of sp³-hybridized carbons (Fsp3) is 0.462. The molecule has 7 heteroatoms. The average molecular weight is 309 g/mol. The lowest BCUT2D eigenvalue weighted by molar-refractivity contribution is -0.124. The molecule has 0 radical (unpaired) electrons. The molecular weight excluding hydrogens is 290 g/mol. The SMILES string of the molecule is Cc1ccc(OC(F)F)c(CNC(=O)C(C)CN)c1.Cl. The van der Waals surface area contributed by atoms with Gasteiger partial charge in [0, 0.05) is 24.6 Å². The zero-order valence-electron chi connectivity index (χ0n) is 11.4. The second-order valence-corrected chi connectivity index (χ2v) is 4.34. The van der Waals surface area contributed by atoms with Crippen LogP contribution in [0, 0.1) is 12.8 Å². The van der Waals surface area contributed by atoms with E-state index in [2.05, 4.69) is 10.1 Å². The lowest BCUT2D eigenvalue weighted by atomic mass is 10.1. The van der Waals surface area contributed by atoms with Crippen LogP contribution in [-0.4, -0.2) is 19.1 Å². The van der Waals surface area contributed by atoms with Crippen LogP contribution in [0.3, 0.4) is 0 Å². The van der Waals surface area contributed by atoms with Gasteiger partial charge >= 0.3 is 6.61 Å². The van der Waals surface area contributed by atoms with Crippen molar-refractivity contribution >= 4 is 18.3 Å². The van der Waals surface area contributed by atoms with E-state index < -0.39 is 6.61 Å². The van der Waals surface area contributed by atoms with E-state index in [1.807, 2.05) is 6.92 Å². The van der Waals surface area contributed by atoms with E-state index in [-0.39, 0.29) is 43.1 Å². The summed E-state index contributed by atoms with van der Waals surface area (Å²) in [5.74, 6) is -0.461. The van der Waals surface area contributed by atoms with Gasteiger partial charge in [-0.15, -0.1) is 12.4 Å². The topological polar surface area (TPSA) is 64.3 Å². The van der Waals surface area contributed by atoms with Gasteiger partial charge < -0.3 is 15.8 Å². The largest absolute Gasteiger partial charge is 0.434 e. The van der Waals surface area contributed by atoms with Crippen molar-refractivity contribution in [1.29, 1.82) is 0 Å². The Morgan fingerprint density at radius 1 is 1.45 bits per heavy atom. The minimum Gasteiger partial charge on any atom is -0.434 e. The lowest BCUT2D eigenvalue weighted by Crippen LogP contribution is -2.32. The van der Waals surface area contributed by atoms with E-state index in [1.54, 1.807) is 19.1 Å². The summed E-state index contributed by atoms with van der Waals surface area (Å²) in [6, 6.07) is 4.84.